The van der Waals surface area contributed by atoms with Crippen LogP contribution in [-0.4, -0.2) is 33.7 Å². The maximum absolute atomic E-state index is 11.1. The highest BCUT2D eigenvalue weighted by molar-refractivity contribution is 5.73. The van der Waals surface area contributed by atoms with Crippen LogP contribution < -0.4 is 0 Å². The summed E-state index contributed by atoms with van der Waals surface area (Å²) in [5, 5.41) is 18.6. The van der Waals surface area contributed by atoms with Crippen molar-refractivity contribution >= 4 is 5.97 Å². The Morgan fingerprint density at radius 2 is 2.24 bits per heavy atom. The van der Waals surface area contributed by atoms with Crippen LogP contribution in [0.25, 0.3) is 0 Å². The lowest BCUT2D eigenvalue weighted by atomic mass is 9.97. The molecule has 2 rings (SSSR count). The first-order valence-electron chi connectivity index (χ1n) is 5.89. The van der Waals surface area contributed by atoms with Gasteiger partial charge in [-0.3, -0.25) is 9.69 Å². The van der Waals surface area contributed by atoms with Gasteiger partial charge in [-0.25, -0.2) is 0 Å². The minimum Gasteiger partial charge on any atom is -0.508 e. The molecule has 1 aliphatic rings. The van der Waals surface area contributed by atoms with E-state index in [0.717, 1.165) is 18.5 Å². The maximum atomic E-state index is 11.1. The Bertz CT molecular complexity index is 431. The van der Waals surface area contributed by atoms with Crippen molar-refractivity contribution < 1.29 is 15.0 Å². The van der Waals surface area contributed by atoms with Crippen LogP contribution in [-0.2, 0) is 17.8 Å². The number of aliphatic carboxylic acids is 1. The third kappa shape index (κ3) is 2.42. The van der Waals surface area contributed by atoms with Crippen LogP contribution in [0.2, 0.25) is 0 Å². The number of carbonyl (C=O) groups is 1. The quantitative estimate of drug-likeness (QED) is 0.835. The first kappa shape index (κ1) is 11.9. The molecule has 0 aliphatic carbocycles. The van der Waals surface area contributed by atoms with Crippen LogP contribution in [0.15, 0.2) is 18.2 Å². The van der Waals surface area contributed by atoms with Crippen molar-refractivity contribution in [2.75, 3.05) is 6.54 Å². The molecule has 0 fully saturated rings. The van der Waals surface area contributed by atoms with Crippen molar-refractivity contribution in [3.8, 4) is 5.75 Å². The first-order chi connectivity index (χ1) is 8.11. The fourth-order valence-electron chi connectivity index (χ4n) is 2.42. The van der Waals surface area contributed by atoms with Crippen LogP contribution in [0.1, 0.15) is 24.5 Å². The van der Waals surface area contributed by atoms with Crippen molar-refractivity contribution in [2.45, 2.75) is 32.4 Å². The van der Waals surface area contributed by atoms with Crippen molar-refractivity contribution in [1.82, 2.24) is 4.90 Å². The smallest absolute Gasteiger partial charge is 0.320 e. The van der Waals surface area contributed by atoms with Gasteiger partial charge in [0.2, 0.25) is 0 Å². The van der Waals surface area contributed by atoms with E-state index in [2.05, 4.69) is 0 Å². The molecule has 1 atom stereocenters. The SMILES string of the molecule is CCC(C(=O)O)N1CCc2ccc(O)cc2C1. The predicted octanol–water partition coefficient (Wildman–Crippen LogP) is 1.61. The highest BCUT2D eigenvalue weighted by Gasteiger charge is 2.27. The fourth-order valence-corrected chi connectivity index (χ4v) is 2.42. The minimum atomic E-state index is -0.767. The lowest BCUT2D eigenvalue weighted by molar-refractivity contribution is -0.143. The molecule has 0 amide bonds. The molecule has 2 N–H and O–H groups in total. The number of fused-ring (bicyclic) bond motifs is 1. The first-order valence-corrected chi connectivity index (χ1v) is 5.89. The molecule has 1 aromatic rings. The van der Waals surface area contributed by atoms with Gasteiger partial charge in [-0.2, -0.15) is 0 Å². The van der Waals surface area contributed by atoms with Crippen molar-refractivity contribution in [3.05, 3.63) is 29.3 Å². The summed E-state index contributed by atoms with van der Waals surface area (Å²) in [4.78, 5) is 13.1. The van der Waals surface area contributed by atoms with Crippen LogP contribution in [0.5, 0.6) is 5.75 Å². The predicted molar refractivity (Wildman–Crippen MR) is 63.9 cm³/mol. The van der Waals surface area contributed by atoms with E-state index in [9.17, 15) is 9.90 Å². The molecule has 0 spiro atoms. The Kier molecular flexibility index (Phi) is 3.33. The van der Waals surface area contributed by atoms with Crippen LogP contribution >= 0.6 is 0 Å². The largest absolute Gasteiger partial charge is 0.508 e. The van der Waals surface area contributed by atoms with E-state index in [1.54, 1.807) is 12.1 Å². The third-order valence-electron chi connectivity index (χ3n) is 3.34. The van der Waals surface area contributed by atoms with Gasteiger partial charge in [0.25, 0.3) is 0 Å². The summed E-state index contributed by atoms with van der Waals surface area (Å²) in [6.45, 7) is 3.26. The zero-order valence-electron chi connectivity index (χ0n) is 9.89. The second-order valence-corrected chi connectivity index (χ2v) is 4.44. The highest BCUT2D eigenvalue weighted by atomic mass is 16.4. The molecule has 17 heavy (non-hydrogen) atoms. The van der Waals surface area contributed by atoms with Crippen molar-refractivity contribution in [2.24, 2.45) is 0 Å². The molecule has 0 saturated carbocycles. The summed E-state index contributed by atoms with van der Waals surface area (Å²) in [5.41, 5.74) is 2.25. The van der Waals surface area contributed by atoms with E-state index in [0.29, 0.717) is 13.0 Å². The molecular formula is C13H17NO3. The standard InChI is InChI=1S/C13H17NO3/c1-2-12(13(16)17)14-6-5-9-3-4-11(15)7-10(9)8-14/h3-4,7,12,15H,2,5-6,8H2,1H3,(H,16,17). The number of carboxylic acid groups (broad SMARTS) is 1. The minimum absolute atomic E-state index is 0.244. The van der Waals surface area contributed by atoms with E-state index >= 15 is 0 Å². The average Bonchev–Trinajstić information content (AvgIpc) is 2.29. The number of hydrogen-bond donors (Lipinski definition) is 2. The molecule has 1 unspecified atom stereocenters. The molecular weight excluding hydrogens is 218 g/mol. The molecule has 0 aromatic heterocycles. The fraction of sp³-hybridized carbons (Fsp3) is 0.462. The number of rotatable bonds is 3. The zero-order valence-corrected chi connectivity index (χ0v) is 9.89. The second-order valence-electron chi connectivity index (χ2n) is 4.44. The monoisotopic (exact) mass is 235 g/mol. The van der Waals surface area contributed by atoms with Gasteiger partial charge < -0.3 is 10.2 Å². The van der Waals surface area contributed by atoms with Gasteiger partial charge in [-0.1, -0.05) is 13.0 Å². The number of phenols is 1. The summed E-state index contributed by atoms with van der Waals surface area (Å²) in [6, 6.07) is 4.91. The number of phenolic OH excluding ortho intramolecular Hbond substituents is 1. The number of nitrogens with zero attached hydrogens (tertiary/aromatic N) is 1. The number of benzene rings is 1. The number of carboxylic acids is 1. The maximum Gasteiger partial charge on any atom is 0.320 e. The van der Waals surface area contributed by atoms with E-state index in [1.165, 1.54) is 5.56 Å². The van der Waals surface area contributed by atoms with Crippen molar-refractivity contribution in [3.63, 3.8) is 0 Å². The Morgan fingerprint density at radius 1 is 1.47 bits per heavy atom. The highest BCUT2D eigenvalue weighted by Crippen LogP contribution is 2.24. The molecule has 0 radical (unpaired) electrons. The molecule has 0 bridgehead atoms. The number of hydrogen-bond acceptors (Lipinski definition) is 3. The van der Waals surface area contributed by atoms with E-state index in [4.69, 9.17) is 5.11 Å². The van der Waals surface area contributed by atoms with Crippen LogP contribution in [0, 0.1) is 0 Å². The number of aromatic hydroxyl groups is 1. The molecule has 0 saturated heterocycles. The molecule has 4 heteroatoms. The van der Waals surface area contributed by atoms with Crippen LogP contribution in [0.3, 0.4) is 0 Å². The van der Waals surface area contributed by atoms with Gasteiger partial charge in [0.15, 0.2) is 0 Å². The van der Waals surface area contributed by atoms with E-state index in [1.807, 2.05) is 17.9 Å². The van der Waals surface area contributed by atoms with Gasteiger partial charge in [-0.05, 0) is 36.1 Å². The summed E-state index contributed by atoms with van der Waals surface area (Å²) in [5.74, 6) is -0.523. The van der Waals surface area contributed by atoms with E-state index in [-0.39, 0.29) is 5.75 Å². The second kappa shape index (κ2) is 4.75. The topological polar surface area (TPSA) is 60.8 Å². The van der Waals surface area contributed by atoms with Gasteiger partial charge in [0, 0.05) is 13.1 Å². The summed E-state index contributed by atoms with van der Waals surface area (Å²) in [7, 11) is 0. The lowest BCUT2D eigenvalue weighted by Gasteiger charge is -2.32. The molecule has 92 valence electrons. The Hall–Kier alpha value is -1.55. The van der Waals surface area contributed by atoms with Gasteiger partial charge in [0.1, 0.15) is 11.8 Å². The van der Waals surface area contributed by atoms with Gasteiger partial charge >= 0.3 is 5.97 Å². The lowest BCUT2D eigenvalue weighted by Crippen LogP contribution is -2.43. The summed E-state index contributed by atoms with van der Waals surface area (Å²) in [6.07, 6.45) is 1.45. The molecule has 1 heterocycles. The summed E-state index contributed by atoms with van der Waals surface area (Å²) >= 11 is 0. The van der Waals surface area contributed by atoms with Gasteiger partial charge in [0.05, 0.1) is 0 Å². The Morgan fingerprint density at radius 3 is 2.88 bits per heavy atom. The molecule has 1 aliphatic heterocycles. The van der Waals surface area contributed by atoms with Crippen LogP contribution in [0.4, 0.5) is 0 Å². The van der Waals surface area contributed by atoms with E-state index < -0.39 is 12.0 Å². The van der Waals surface area contributed by atoms with Gasteiger partial charge in [-0.15, -0.1) is 0 Å². The molecule has 1 aromatic carbocycles. The normalized spacial score (nSPS) is 17.5. The third-order valence-corrected chi connectivity index (χ3v) is 3.34. The molecule has 4 nitrogen and oxygen atoms in total. The average molecular weight is 235 g/mol. The summed E-state index contributed by atoms with van der Waals surface area (Å²) < 4.78 is 0. The zero-order chi connectivity index (χ0) is 12.4. The Balaban J connectivity index is 2.20. The Labute approximate surface area is 100 Å². The van der Waals surface area contributed by atoms with Crippen molar-refractivity contribution in [1.29, 1.82) is 0 Å².